The summed E-state index contributed by atoms with van der Waals surface area (Å²) in [5.41, 5.74) is 5.08. The number of amides is 1. The fourth-order valence-electron chi connectivity index (χ4n) is 1.67. The van der Waals surface area contributed by atoms with Gasteiger partial charge in [-0.2, -0.15) is 13.2 Å². The van der Waals surface area contributed by atoms with Gasteiger partial charge in [-0.25, -0.2) is 9.18 Å². The second-order valence-electron chi connectivity index (χ2n) is 5.43. The number of hydrogen-bond donors (Lipinski definition) is 2. The zero-order valence-corrected chi connectivity index (χ0v) is 14.0. The molecule has 1 aromatic carbocycles. The molecule has 0 bridgehead atoms. The normalized spacial score (nSPS) is 12.1. The number of ether oxygens (including phenoxy) is 2. The number of rotatable bonds is 7. The topological polar surface area (TPSA) is 90.7 Å². The Morgan fingerprint density at radius 3 is 2.46 bits per heavy atom. The molecule has 0 fully saturated rings. The van der Waals surface area contributed by atoms with Crippen molar-refractivity contribution in [1.82, 2.24) is 5.32 Å². The van der Waals surface area contributed by atoms with Crippen LogP contribution in [0.4, 0.5) is 17.6 Å². The smallest absolute Gasteiger partial charge is 0.489 e. The summed E-state index contributed by atoms with van der Waals surface area (Å²) in [6.07, 6.45) is -5.00. The summed E-state index contributed by atoms with van der Waals surface area (Å²) in [6, 6.07) is 3.04. The van der Waals surface area contributed by atoms with Crippen molar-refractivity contribution in [2.75, 3.05) is 13.2 Å². The van der Waals surface area contributed by atoms with Crippen LogP contribution in [0.15, 0.2) is 30.1 Å². The van der Waals surface area contributed by atoms with Crippen LogP contribution in [0.3, 0.4) is 0 Å². The summed E-state index contributed by atoms with van der Waals surface area (Å²) in [5.74, 6) is -3.90. The molecule has 1 amide bonds. The van der Waals surface area contributed by atoms with Gasteiger partial charge in [-0.05, 0) is 26.0 Å². The van der Waals surface area contributed by atoms with Crippen molar-refractivity contribution in [3.05, 3.63) is 35.7 Å². The molecular formula is C16H18F4N2O4. The predicted molar refractivity (Wildman–Crippen MR) is 84.5 cm³/mol. The Morgan fingerprint density at radius 2 is 1.96 bits per heavy atom. The molecule has 0 spiro atoms. The molecule has 0 aromatic heterocycles. The molecule has 144 valence electrons. The Labute approximate surface area is 146 Å². The fraction of sp³-hybridized carbons (Fsp3) is 0.375. The lowest BCUT2D eigenvalue weighted by Crippen LogP contribution is -2.32. The Hall–Kier alpha value is -2.62. The van der Waals surface area contributed by atoms with Crippen LogP contribution in [-0.4, -0.2) is 37.2 Å². The van der Waals surface area contributed by atoms with E-state index in [4.69, 9.17) is 10.5 Å². The molecule has 0 aliphatic heterocycles. The third-order valence-corrected chi connectivity index (χ3v) is 2.89. The molecule has 0 radical (unpaired) electrons. The lowest BCUT2D eigenvalue weighted by molar-refractivity contribution is -0.189. The van der Waals surface area contributed by atoms with Crippen LogP contribution in [0.25, 0.3) is 0 Å². The Kier molecular flexibility index (Phi) is 7.56. The first kappa shape index (κ1) is 21.4. The molecule has 0 heterocycles. The molecule has 0 unspecified atom stereocenters. The summed E-state index contributed by atoms with van der Waals surface area (Å²) < 4.78 is 59.3. The number of nitrogens with two attached hydrogens (primary N) is 1. The number of hydrogen-bond acceptors (Lipinski definition) is 5. The third-order valence-electron chi connectivity index (χ3n) is 2.89. The number of alkyl halides is 3. The first-order valence-corrected chi connectivity index (χ1v) is 7.43. The zero-order valence-electron chi connectivity index (χ0n) is 14.0. The quantitative estimate of drug-likeness (QED) is 0.432. The van der Waals surface area contributed by atoms with Crippen molar-refractivity contribution < 1.29 is 36.6 Å². The highest BCUT2D eigenvalue weighted by molar-refractivity contribution is 5.98. The molecule has 0 aliphatic carbocycles. The Bertz CT molecular complexity index is 687. The average Bonchev–Trinajstić information content (AvgIpc) is 2.54. The van der Waals surface area contributed by atoms with E-state index in [1.165, 1.54) is 6.07 Å². The Balaban J connectivity index is 3.14. The number of nitrogens with one attached hydrogen (secondary N) is 1. The molecule has 26 heavy (non-hydrogen) atoms. The molecule has 1 rings (SSSR count). The van der Waals surface area contributed by atoms with Gasteiger partial charge in [0.25, 0.3) is 5.91 Å². The number of benzene rings is 1. The van der Waals surface area contributed by atoms with Crippen LogP contribution in [0, 0.1) is 0 Å². The maximum atomic E-state index is 12.5. The summed E-state index contributed by atoms with van der Waals surface area (Å²) in [7, 11) is 0. The summed E-state index contributed by atoms with van der Waals surface area (Å²) in [6.45, 7) is 2.90. The highest BCUT2D eigenvalue weighted by Gasteiger charge is 2.42. The van der Waals surface area contributed by atoms with E-state index >= 15 is 0 Å². The second kappa shape index (κ2) is 9.18. The number of carbonyl (C=O) groups excluding carboxylic acids is 2. The highest BCUT2D eigenvalue weighted by Crippen LogP contribution is 2.28. The average molecular weight is 378 g/mol. The van der Waals surface area contributed by atoms with E-state index in [9.17, 15) is 27.2 Å². The van der Waals surface area contributed by atoms with E-state index in [0.29, 0.717) is 0 Å². The minimum Gasteiger partial charge on any atom is -0.489 e. The van der Waals surface area contributed by atoms with E-state index in [1.54, 1.807) is 13.8 Å². The molecule has 0 atom stereocenters. The number of halogens is 4. The van der Waals surface area contributed by atoms with Gasteiger partial charge >= 0.3 is 12.1 Å². The van der Waals surface area contributed by atoms with Crippen molar-refractivity contribution in [3.63, 3.8) is 0 Å². The molecule has 0 saturated heterocycles. The largest absolute Gasteiger partial charge is 0.491 e. The molecule has 10 heteroatoms. The van der Waals surface area contributed by atoms with Gasteiger partial charge in [-0.15, -0.1) is 0 Å². The van der Waals surface area contributed by atoms with Crippen molar-refractivity contribution in [2.24, 2.45) is 5.73 Å². The van der Waals surface area contributed by atoms with Crippen LogP contribution in [0.5, 0.6) is 11.5 Å². The van der Waals surface area contributed by atoms with E-state index in [1.807, 2.05) is 0 Å². The summed E-state index contributed by atoms with van der Waals surface area (Å²) >= 11 is 0. The minimum absolute atomic E-state index is 0.0381. The van der Waals surface area contributed by atoms with Crippen LogP contribution in [-0.2, 0) is 4.79 Å². The van der Waals surface area contributed by atoms with E-state index in [-0.39, 0.29) is 42.4 Å². The third kappa shape index (κ3) is 6.36. The Morgan fingerprint density at radius 1 is 1.31 bits per heavy atom. The lowest BCUT2D eigenvalue weighted by Gasteiger charge is -2.15. The van der Waals surface area contributed by atoms with Gasteiger partial charge in [0.05, 0.1) is 11.9 Å². The maximum absolute atomic E-state index is 12.5. The summed E-state index contributed by atoms with van der Waals surface area (Å²) in [5, 5.41) is 2.47. The van der Waals surface area contributed by atoms with Crippen LogP contribution in [0.1, 0.15) is 24.2 Å². The molecular weight excluding hydrogens is 360 g/mol. The molecule has 6 nitrogen and oxygen atoms in total. The second-order valence-corrected chi connectivity index (χ2v) is 5.43. The summed E-state index contributed by atoms with van der Waals surface area (Å²) in [4.78, 5) is 23.2. The van der Waals surface area contributed by atoms with Crippen LogP contribution < -0.4 is 20.5 Å². The van der Waals surface area contributed by atoms with Gasteiger partial charge < -0.3 is 20.5 Å². The first-order chi connectivity index (χ1) is 12.1. The van der Waals surface area contributed by atoms with Crippen molar-refractivity contribution in [1.29, 1.82) is 0 Å². The van der Waals surface area contributed by atoms with Gasteiger partial charge in [0.15, 0.2) is 0 Å². The van der Waals surface area contributed by atoms with Gasteiger partial charge in [0.1, 0.15) is 18.1 Å². The number of carbonyl (C=O) groups is 2. The highest BCUT2D eigenvalue weighted by atomic mass is 19.4. The van der Waals surface area contributed by atoms with E-state index < -0.39 is 23.8 Å². The molecule has 3 N–H and O–H groups in total. The van der Waals surface area contributed by atoms with Crippen molar-refractivity contribution in [2.45, 2.75) is 26.1 Å². The maximum Gasteiger partial charge on any atom is 0.491 e. The van der Waals surface area contributed by atoms with Gasteiger partial charge in [-0.3, -0.25) is 4.79 Å². The van der Waals surface area contributed by atoms with Crippen LogP contribution in [0.2, 0.25) is 0 Å². The fourth-order valence-corrected chi connectivity index (χ4v) is 1.67. The predicted octanol–water partition coefficient (Wildman–Crippen LogP) is 2.48. The van der Waals surface area contributed by atoms with Crippen molar-refractivity contribution >= 4 is 11.9 Å². The van der Waals surface area contributed by atoms with Gasteiger partial charge in [-0.1, -0.05) is 0 Å². The standard InChI is InChI=1S/C16H18F4N2O4/c1-9(2)22-14(23)12-4-3-11(25-8-10(6-17)7-21)5-13(12)26-15(24)16(18,19)20/h3-6,9H,7-8,21H2,1-2H3,(H,22,23)/b10-6+. The van der Waals surface area contributed by atoms with E-state index in [0.717, 1.165) is 12.1 Å². The van der Waals surface area contributed by atoms with Gasteiger partial charge in [0.2, 0.25) is 0 Å². The molecule has 1 aromatic rings. The van der Waals surface area contributed by atoms with Crippen LogP contribution >= 0.6 is 0 Å². The van der Waals surface area contributed by atoms with E-state index in [2.05, 4.69) is 10.1 Å². The van der Waals surface area contributed by atoms with Crippen molar-refractivity contribution in [3.8, 4) is 11.5 Å². The minimum atomic E-state index is -5.24. The number of esters is 1. The zero-order chi connectivity index (χ0) is 19.9. The molecule has 0 saturated carbocycles. The lowest BCUT2D eigenvalue weighted by atomic mass is 10.1. The molecule has 0 aliphatic rings. The monoisotopic (exact) mass is 378 g/mol. The first-order valence-electron chi connectivity index (χ1n) is 7.43. The van der Waals surface area contributed by atoms with Gasteiger partial charge in [0, 0.05) is 24.2 Å². The SMILES string of the molecule is CC(C)NC(=O)c1ccc(OC/C(=C/F)CN)cc1OC(=O)C(F)(F)F.